The van der Waals surface area contributed by atoms with E-state index in [2.05, 4.69) is 0 Å². The molecule has 0 aromatic heterocycles. The fraction of sp³-hybridized carbons (Fsp3) is 0.875. The van der Waals surface area contributed by atoms with Crippen molar-refractivity contribution < 1.29 is 9.90 Å². The number of hydrogen-bond donors (Lipinski definition) is 2. The van der Waals surface area contributed by atoms with Crippen LogP contribution >= 0.6 is 12.4 Å². The highest BCUT2D eigenvalue weighted by molar-refractivity contribution is 5.85. The summed E-state index contributed by atoms with van der Waals surface area (Å²) in [4.78, 5) is 11.1. The highest BCUT2D eigenvalue weighted by Gasteiger charge is 2.23. The molecule has 0 aliphatic heterocycles. The average molecular weight is 194 g/mol. The summed E-state index contributed by atoms with van der Waals surface area (Å²) < 4.78 is 0. The highest BCUT2D eigenvalue weighted by atomic mass is 35.5. The molecule has 1 rings (SSSR count). The molecule has 0 amide bonds. The first kappa shape index (κ1) is 11.9. The molecular formula is C8H16ClNO2. The first-order valence-electron chi connectivity index (χ1n) is 4.15. The van der Waals surface area contributed by atoms with Crippen molar-refractivity contribution in [3.05, 3.63) is 0 Å². The Balaban J connectivity index is 0.00000121. The Morgan fingerprint density at radius 1 is 1.33 bits per heavy atom. The van der Waals surface area contributed by atoms with Crippen LogP contribution in [0, 0.1) is 5.92 Å². The molecular weight excluding hydrogens is 178 g/mol. The maximum Gasteiger partial charge on any atom is 0.149 e. The quantitative estimate of drug-likeness (QED) is 0.671. The van der Waals surface area contributed by atoms with E-state index in [-0.39, 0.29) is 36.8 Å². The van der Waals surface area contributed by atoms with Crippen molar-refractivity contribution in [1.29, 1.82) is 0 Å². The SMILES string of the molecule is Cl.NCC(=O)[C@H]1CC[C@@H](O)CC1. The van der Waals surface area contributed by atoms with Gasteiger partial charge in [0.15, 0.2) is 0 Å². The second-order valence-corrected chi connectivity index (χ2v) is 3.18. The second kappa shape index (κ2) is 5.51. The minimum absolute atomic E-state index is 0. The largest absolute Gasteiger partial charge is 0.393 e. The van der Waals surface area contributed by atoms with Gasteiger partial charge in [-0.3, -0.25) is 4.79 Å². The standard InChI is InChI=1S/C8H15NO2.ClH/c9-5-8(11)6-1-3-7(10)4-2-6;/h6-7,10H,1-5,9H2;1H/t6-,7+;. The van der Waals surface area contributed by atoms with Gasteiger partial charge in [0.05, 0.1) is 12.6 Å². The number of Topliss-reactive ketones (excluding diaryl/α,β-unsaturated/α-hetero) is 1. The van der Waals surface area contributed by atoms with E-state index in [0.717, 1.165) is 25.7 Å². The van der Waals surface area contributed by atoms with Crippen molar-refractivity contribution in [1.82, 2.24) is 0 Å². The van der Waals surface area contributed by atoms with Crippen molar-refractivity contribution in [2.75, 3.05) is 6.54 Å². The molecule has 0 aromatic carbocycles. The number of carbonyl (C=O) groups excluding carboxylic acids is 1. The summed E-state index contributed by atoms with van der Waals surface area (Å²) in [5, 5.41) is 9.14. The normalized spacial score (nSPS) is 29.2. The third-order valence-corrected chi connectivity index (χ3v) is 2.35. The lowest BCUT2D eigenvalue weighted by molar-refractivity contribution is -0.123. The molecule has 0 radical (unpaired) electrons. The number of hydrogen-bond acceptors (Lipinski definition) is 3. The summed E-state index contributed by atoms with van der Waals surface area (Å²) in [5.74, 6) is 0.278. The third kappa shape index (κ3) is 3.09. The van der Waals surface area contributed by atoms with E-state index in [1.807, 2.05) is 0 Å². The molecule has 72 valence electrons. The molecule has 3 nitrogen and oxygen atoms in total. The Morgan fingerprint density at radius 2 is 1.83 bits per heavy atom. The topological polar surface area (TPSA) is 63.3 Å². The first-order valence-corrected chi connectivity index (χ1v) is 4.15. The number of halogens is 1. The molecule has 1 saturated carbocycles. The van der Waals surface area contributed by atoms with Gasteiger partial charge in [-0.25, -0.2) is 0 Å². The molecule has 4 heteroatoms. The van der Waals surface area contributed by atoms with Crippen molar-refractivity contribution in [2.45, 2.75) is 31.8 Å². The zero-order chi connectivity index (χ0) is 8.27. The van der Waals surface area contributed by atoms with Crippen LogP contribution < -0.4 is 5.73 Å². The van der Waals surface area contributed by atoms with Crippen molar-refractivity contribution in [3.8, 4) is 0 Å². The zero-order valence-electron chi connectivity index (χ0n) is 7.03. The van der Waals surface area contributed by atoms with Gasteiger partial charge >= 0.3 is 0 Å². The third-order valence-electron chi connectivity index (χ3n) is 2.35. The predicted octanol–water partition coefficient (Wildman–Crippen LogP) is 0.487. The Kier molecular flexibility index (Phi) is 5.46. The van der Waals surface area contributed by atoms with E-state index >= 15 is 0 Å². The molecule has 0 atom stereocenters. The molecule has 1 aliphatic rings. The highest BCUT2D eigenvalue weighted by Crippen LogP contribution is 2.24. The van der Waals surface area contributed by atoms with Gasteiger partial charge in [0.1, 0.15) is 5.78 Å². The van der Waals surface area contributed by atoms with E-state index in [9.17, 15) is 4.79 Å². The van der Waals surface area contributed by atoms with Crippen molar-refractivity contribution in [3.63, 3.8) is 0 Å². The summed E-state index contributed by atoms with van der Waals surface area (Å²) in [5.41, 5.74) is 5.23. The molecule has 0 heterocycles. The predicted molar refractivity (Wildman–Crippen MR) is 49.3 cm³/mol. The minimum atomic E-state index is -0.183. The lowest BCUT2D eigenvalue weighted by atomic mass is 9.85. The van der Waals surface area contributed by atoms with Crippen LogP contribution in [0.25, 0.3) is 0 Å². The van der Waals surface area contributed by atoms with Crippen molar-refractivity contribution in [2.24, 2.45) is 11.7 Å². The van der Waals surface area contributed by atoms with Gasteiger partial charge in [0.25, 0.3) is 0 Å². The van der Waals surface area contributed by atoms with Crippen LogP contribution in [-0.2, 0) is 4.79 Å². The van der Waals surface area contributed by atoms with Gasteiger partial charge < -0.3 is 10.8 Å². The van der Waals surface area contributed by atoms with E-state index in [1.54, 1.807) is 0 Å². The first-order chi connectivity index (χ1) is 5.24. The summed E-state index contributed by atoms with van der Waals surface area (Å²) in [6, 6.07) is 0. The van der Waals surface area contributed by atoms with Gasteiger partial charge in [-0.1, -0.05) is 0 Å². The lowest BCUT2D eigenvalue weighted by Crippen LogP contribution is -2.28. The van der Waals surface area contributed by atoms with Crippen LogP contribution in [0.5, 0.6) is 0 Å². The monoisotopic (exact) mass is 193 g/mol. The van der Waals surface area contributed by atoms with Crippen LogP contribution in [0.15, 0.2) is 0 Å². The molecule has 1 fully saturated rings. The zero-order valence-corrected chi connectivity index (χ0v) is 7.85. The van der Waals surface area contributed by atoms with Crippen LogP contribution in [-0.4, -0.2) is 23.5 Å². The van der Waals surface area contributed by atoms with Crippen LogP contribution in [0.1, 0.15) is 25.7 Å². The van der Waals surface area contributed by atoms with Gasteiger partial charge in [-0.15, -0.1) is 12.4 Å². The summed E-state index contributed by atoms with van der Waals surface area (Å²) >= 11 is 0. The van der Waals surface area contributed by atoms with Crippen molar-refractivity contribution >= 4 is 18.2 Å². The Bertz CT molecular complexity index is 144. The fourth-order valence-electron chi connectivity index (χ4n) is 1.56. The number of ketones is 1. The number of nitrogens with two attached hydrogens (primary N) is 1. The van der Waals surface area contributed by atoms with E-state index in [4.69, 9.17) is 10.8 Å². The molecule has 0 spiro atoms. The van der Waals surface area contributed by atoms with Crippen LogP contribution in [0.2, 0.25) is 0 Å². The fourth-order valence-corrected chi connectivity index (χ4v) is 1.56. The molecule has 3 N–H and O–H groups in total. The average Bonchev–Trinajstić information content (AvgIpc) is 2.05. The van der Waals surface area contributed by atoms with E-state index in [0.29, 0.717) is 0 Å². The van der Waals surface area contributed by atoms with E-state index < -0.39 is 0 Å². The van der Waals surface area contributed by atoms with Gasteiger partial charge in [-0.05, 0) is 25.7 Å². The molecule has 0 aromatic rings. The summed E-state index contributed by atoms with van der Waals surface area (Å²) in [6.07, 6.45) is 2.97. The van der Waals surface area contributed by atoms with Crippen LogP contribution in [0.4, 0.5) is 0 Å². The maximum atomic E-state index is 11.1. The minimum Gasteiger partial charge on any atom is -0.393 e. The maximum absolute atomic E-state index is 11.1. The molecule has 0 unspecified atom stereocenters. The second-order valence-electron chi connectivity index (χ2n) is 3.18. The molecule has 0 saturated heterocycles. The number of rotatable bonds is 2. The van der Waals surface area contributed by atoms with Gasteiger partial charge in [0.2, 0.25) is 0 Å². The molecule has 1 aliphatic carbocycles. The summed E-state index contributed by atoms with van der Waals surface area (Å²) in [6.45, 7) is 0.154. The van der Waals surface area contributed by atoms with Gasteiger partial charge in [0, 0.05) is 5.92 Å². The van der Waals surface area contributed by atoms with Crippen LogP contribution in [0.3, 0.4) is 0 Å². The molecule has 0 bridgehead atoms. The number of aliphatic hydroxyl groups is 1. The van der Waals surface area contributed by atoms with E-state index in [1.165, 1.54) is 0 Å². The van der Waals surface area contributed by atoms with Gasteiger partial charge in [-0.2, -0.15) is 0 Å². The smallest absolute Gasteiger partial charge is 0.149 e. The Hall–Kier alpha value is -0.120. The Labute approximate surface area is 78.7 Å². The Morgan fingerprint density at radius 3 is 2.25 bits per heavy atom. The molecule has 12 heavy (non-hydrogen) atoms. The summed E-state index contributed by atoms with van der Waals surface area (Å²) in [7, 11) is 0. The number of carbonyl (C=O) groups is 1. The lowest BCUT2D eigenvalue weighted by Gasteiger charge is -2.23. The number of aliphatic hydroxyl groups excluding tert-OH is 1.